The van der Waals surface area contributed by atoms with Gasteiger partial charge in [-0.2, -0.15) is 0 Å². The van der Waals surface area contributed by atoms with Crippen LogP contribution >= 0.6 is 11.9 Å². The number of hydroxylamine groups is 1. The highest BCUT2D eigenvalue weighted by Crippen LogP contribution is 2.19. The molecule has 56 valence electrons. The van der Waals surface area contributed by atoms with Gasteiger partial charge in [0.05, 0.1) is 7.11 Å². The molecule has 0 aromatic carbocycles. The average molecular weight is 149 g/mol. The summed E-state index contributed by atoms with van der Waals surface area (Å²) in [7, 11) is 1.68. The maximum absolute atomic E-state index is 5.06. The predicted molar refractivity (Wildman–Crippen MR) is 42.1 cm³/mol. The van der Waals surface area contributed by atoms with Crippen LogP contribution in [0.3, 0.4) is 0 Å². The minimum Gasteiger partial charge on any atom is -0.291 e. The third kappa shape index (κ3) is 3.08. The molecule has 0 saturated heterocycles. The Hall–Kier alpha value is 0.270. The van der Waals surface area contributed by atoms with Gasteiger partial charge in [0, 0.05) is 5.54 Å². The first-order chi connectivity index (χ1) is 4.02. The summed E-state index contributed by atoms with van der Waals surface area (Å²) in [6.45, 7) is 6.31. The van der Waals surface area contributed by atoms with Crippen LogP contribution in [0.5, 0.6) is 0 Å². The second-order valence-electron chi connectivity index (χ2n) is 2.79. The molecule has 0 fully saturated rings. The monoisotopic (exact) mass is 149 g/mol. The van der Waals surface area contributed by atoms with Gasteiger partial charge in [0.2, 0.25) is 0 Å². The van der Waals surface area contributed by atoms with E-state index in [9.17, 15) is 0 Å². The number of rotatable bonds is 2. The van der Waals surface area contributed by atoms with E-state index in [1.807, 2.05) is 10.7 Å². The molecule has 0 amide bonds. The molecule has 0 rings (SSSR count). The zero-order valence-corrected chi connectivity index (χ0v) is 7.58. The second kappa shape index (κ2) is 3.44. The van der Waals surface area contributed by atoms with Gasteiger partial charge < -0.3 is 0 Å². The Kier molecular flexibility index (Phi) is 3.54. The first-order valence-electron chi connectivity index (χ1n) is 2.91. The van der Waals surface area contributed by atoms with Gasteiger partial charge in [-0.15, -0.1) is 4.47 Å². The van der Waals surface area contributed by atoms with Gasteiger partial charge >= 0.3 is 0 Å². The summed E-state index contributed by atoms with van der Waals surface area (Å²) < 4.78 is 1.85. The van der Waals surface area contributed by atoms with Crippen LogP contribution in [0.25, 0.3) is 0 Å². The van der Waals surface area contributed by atoms with E-state index in [-0.39, 0.29) is 5.54 Å². The molecule has 0 radical (unpaired) electrons. The maximum atomic E-state index is 5.06. The van der Waals surface area contributed by atoms with Crippen LogP contribution in [0.2, 0.25) is 0 Å². The number of hydrogen-bond donors (Lipinski definition) is 0. The fourth-order valence-corrected chi connectivity index (χ4v) is 1.32. The molecule has 0 unspecified atom stereocenters. The minimum absolute atomic E-state index is 0.0914. The smallest absolute Gasteiger partial charge is 0.0586 e. The van der Waals surface area contributed by atoms with Gasteiger partial charge in [-0.1, -0.05) is 11.9 Å². The normalized spacial score (nSPS) is 12.7. The fraction of sp³-hybridized carbons (Fsp3) is 1.00. The topological polar surface area (TPSA) is 12.5 Å². The Labute approximate surface area is 61.6 Å². The van der Waals surface area contributed by atoms with Crippen molar-refractivity contribution < 1.29 is 4.84 Å². The van der Waals surface area contributed by atoms with Crippen LogP contribution < -0.4 is 0 Å². The summed E-state index contributed by atoms with van der Waals surface area (Å²) in [6, 6.07) is 0. The molecule has 0 N–H and O–H groups in total. The van der Waals surface area contributed by atoms with Crippen LogP contribution in [0, 0.1) is 0 Å². The summed E-state index contributed by atoms with van der Waals surface area (Å²) in [5.74, 6) is 0. The van der Waals surface area contributed by atoms with Gasteiger partial charge in [0.1, 0.15) is 0 Å². The first kappa shape index (κ1) is 9.27. The minimum atomic E-state index is 0.0914. The van der Waals surface area contributed by atoms with Crippen molar-refractivity contribution in [1.82, 2.24) is 4.47 Å². The lowest BCUT2D eigenvalue weighted by atomic mass is 10.1. The van der Waals surface area contributed by atoms with Gasteiger partial charge in [0.25, 0.3) is 0 Å². The Bertz CT molecular complexity index is 75.6. The third-order valence-electron chi connectivity index (χ3n) is 0.879. The maximum Gasteiger partial charge on any atom is 0.0586 e. The van der Waals surface area contributed by atoms with Crippen molar-refractivity contribution in [2.75, 3.05) is 13.4 Å². The molecule has 2 nitrogen and oxygen atoms in total. The molecule has 0 aromatic heterocycles. The van der Waals surface area contributed by atoms with E-state index < -0.39 is 0 Å². The van der Waals surface area contributed by atoms with E-state index in [1.54, 1.807) is 19.1 Å². The summed E-state index contributed by atoms with van der Waals surface area (Å²) >= 11 is 1.59. The molecule has 0 aromatic rings. The van der Waals surface area contributed by atoms with Crippen LogP contribution in [0.15, 0.2) is 0 Å². The van der Waals surface area contributed by atoms with Crippen LogP contribution in [0.4, 0.5) is 0 Å². The van der Waals surface area contributed by atoms with Gasteiger partial charge in [-0.3, -0.25) is 4.84 Å². The standard InChI is InChI=1S/C6H15NOS/c1-6(2,3)7(8-4)9-5/h1-5H3. The Morgan fingerprint density at radius 3 is 1.78 bits per heavy atom. The van der Waals surface area contributed by atoms with E-state index in [0.717, 1.165) is 0 Å². The van der Waals surface area contributed by atoms with E-state index in [0.29, 0.717) is 0 Å². The lowest BCUT2D eigenvalue weighted by molar-refractivity contribution is -0.0964. The SMILES string of the molecule is CON(SC)C(C)(C)C. The molecule has 0 atom stereocenters. The lowest BCUT2D eigenvalue weighted by Gasteiger charge is -2.30. The van der Waals surface area contributed by atoms with Gasteiger partial charge in [-0.25, -0.2) is 0 Å². The quantitative estimate of drug-likeness (QED) is 0.439. The predicted octanol–water partition coefficient (Wildman–Crippen LogP) is 1.93. The second-order valence-corrected chi connectivity index (χ2v) is 3.49. The zero-order valence-electron chi connectivity index (χ0n) is 6.76. The molecule has 0 aliphatic rings. The van der Waals surface area contributed by atoms with Crippen molar-refractivity contribution in [2.24, 2.45) is 0 Å². The molecule has 0 bridgehead atoms. The zero-order chi connectivity index (χ0) is 7.49. The molecule has 0 aliphatic heterocycles. The Balaban J connectivity index is 3.79. The summed E-state index contributed by atoms with van der Waals surface area (Å²) in [5, 5.41) is 0. The molecule has 0 aliphatic carbocycles. The van der Waals surface area contributed by atoms with Crippen molar-refractivity contribution in [3.05, 3.63) is 0 Å². The van der Waals surface area contributed by atoms with E-state index in [2.05, 4.69) is 20.8 Å². The highest BCUT2D eigenvalue weighted by molar-refractivity contribution is 7.96. The van der Waals surface area contributed by atoms with E-state index in [1.165, 1.54) is 0 Å². The number of nitrogens with zero attached hydrogens (tertiary/aromatic N) is 1. The van der Waals surface area contributed by atoms with Crippen molar-refractivity contribution in [3.63, 3.8) is 0 Å². The summed E-state index contributed by atoms with van der Waals surface area (Å²) in [4.78, 5) is 5.06. The van der Waals surface area contributed by atoms with Crippen LogP contribution in [0.1, 0.15) is 20.8 Å². The molecular weight excluding hydrogens is 134 g/mol. The highest BCUT2D eigenvalue weighted by atomic mass is 32.2. The van der Waals surface area contributed by atoms with Crippen LogP contribution in [-0.2, 0) is 4.84 Å². The Morgan fingerprint density at radius 2 is 1.78 bits per heavy atom. The molecule has 9 heavy (non-hydrogen) atoms. The summed E-state index contributed by atoms with van der Waals surface area (Å²) in [6.07, 6.45) is 1.99. The van der Waals surface area contributed by atoms with Crippen molar-refractivity contribution >= 4 is 11.9 Å². The third-order valence-corrected chi connectivity index (χ3v) is 1.91. The van der Waals surface area contributed by atoms with Gasteiger partial charge in [0.15, 0.2) is 0 Å². The molecular formula is C6H15NOS. The average Bonchev–Trinajstić information content (AvgIpc) is 1.65. The van der Waals surface area contributed by atoms with Gasteiger partial charge in [-0.05, 0) is 27.0 Å². The van der Waals surface area contributed by atoms with Crippen molar-refractivity contribution in [2.45, 2.75) is 26.3 Å². The molecule has 0 heterocycles. The lowest BCUT2D eigenvalue weighted by Crippen LogP contribution is -2.34. The highest BCUT2D eigenvalue weighted by Gasteiger charge is 2.19. The van der Waals surface area contributed by atoms with Crippen molar-refractivity contribution in [1.29, 1.82) is 0 Å². The fourth-order valence-electron chi connectivity index (χ4n) is 0.622. The first-order valence-corrected chi connectivity index (χ1v) is 4.09. The molecule has 3 heteroatoms. The largest absolute Gasteiger partial charge is 0.291 e. The number of hydrogen-bond acceptors (Lipinski definition) is 3. The van der Waals surface area contributed by atoms with E-state index >= 15 is 0 Å². The molecule has 0 saturated carbocycles. The van der Waals surface area contributed by atoms with Crippen molar-refractivity contribution in [3.8, 4) is 0 Å². The van der Waals surface area contributed by atoms with E-state index in [4.69, 9.17) is 4.84 Å². The Morgan fingerprint density at radius 1 is 1.33 bits per heavy atom. The van der Waals surface area contributed by atoms with Crippen LogP contribution in [-0.4, -0.2) is 23.4 Å². The summed E-state index contributed by atoms with van der Waals surface area (Å²) in [5.41, 5.74) is 0.0914. The molecule has 0 spiro atoms.